The van der Waals surface area contributed by atoms with Crippen LogP contribution in [0.15, 0.2) is 24.3 Å². The summed E-state index contributed by atoms with van der Waals surface area (Å²) in [6.07, 6.45) is 0. The van der Waals surface area contributed by atoms with Crippen LogP contribution in [0.5, 0.6) is 28.7 Å². The van der Waals surface area contributed by atoms with E-state index in [1.807, 2.05) is 24.3 Å². The highest BCUT2D eigenvalue weighted by molar-refractivity contribution is 5.79. The maximum atomic E-state index is 12.8. The smallest absolute Gasteiger partial charge is 0.310 e. The Kier molecular flexibility index (Phi) is 4.39. The summed E-state index contributed by atoms with van der Waals surface area (Å²) in [5.41, 5.74) is 9.29. The molecule has 1 fully saturated rings. The largest absolute Gasteiger partial charge is 0.493 e. The van der Waals surface area contributed by atoms with Crippen LogP contribution in [0.4, 0.5) is 0 Å². The molecule has 5 rings (SSSR count). The highest BCUT2D eigenvalue weighted by Crippen LogP contribution is 2.54. The normalized spacial score (nSPS) is 25.9. The minimum Gasteiger partial charge on any atom is -0.493 e. The summed E-state index contributed by atoms with van der Waals surface area (Å²) < 4.78 is 33.1. The molecule has 2 aromatic rings. The van der Waals surface area contributed by atoms with Crippen molar-refractivity contribution < 1.29 is 33.2 Å². The zero-order valence-corrected chi connectivity index (χ0v) is 17.0. The van der Waals surface area contributed by atoms with Crippen molar-refractivity contribution in [1.82, 2.24) is 0 Å². The maximum Gasteiger partial charge on any atom is 0.310 e. The number of benzene rings is 2. The van der Waals surface area contributed by atoms with Crippen molar-refractivity contribution in [2.45, 2.75) is 12.0 Å². The Hall–Kier alpha value is -3.13. The summed E-state index contributed by atoms with van der Waals surface area (Å²) in [6, 6.07) is 7.25. The van der Waals surface area contributed by atoms with Crippen LogP contribution in [-0.4, -0.2) is 40.7 Å². The van der Waals surface area contributed by atoms with E-state index in [9.17, 15) is 4.79 Å². The van der Waals surface area contributed by atoms with Crippen molar-refractivity contribution in [2.24, 2.45) is 17.6 Å². The van der Waals surface area contributed by atoms with E-state index in [-0.39, 0.29) is 30.6 Å². The minimum absolute atomic E-state index is 0.144. The molecule has 2 aliphatic heterocycles. The lowest BCUT2D eigenvalue weighted by molar-refractivity contribution is -0.141. The van der Waals surface area contributed by atoms with Crippen LogP contribution in [0.2, 0.25) is 0 Å². The van der Waals surface area contributed by atoms with Crippen molar-refractivity contribution in [3.8, 4) is 28.7 Å². The number of hydrogen-bond donors (Lipinski definition) is 1. The molecule has 8 nitrogen and oxygen atoms in total. The highest BCUT2D eigenvalue weighted by atomic mass is 16.7. The molecule has 1 saturated heterocycles. The summed E-state index contributed by atoms with van der Waals surface area (Å²) in [7, 11) is 4.69. The second kappa shape index (κ2) is 6.98. The molecule has 4 atom stereocenters. The van der Waals surface area contributed by atoms with Crippen LogP contribution in [0.3, 0.4) is 0 Å². The van der Waals surface area contributed by atoms with Gasteiger partial charge in [-0.05, 0) is 41.0 Å². The number of methoxy groups -OCH3 is 3. The van der Waals surface area contributed by atoms with E-state index in [0.717, 1.165) is 16.7 Å². The lowest BCUT2D eigenvalue weighted by Gasteiger charge is -2.37. The quantitative estimate of drug-likeness (QED) is 0.763. The van der Waals surface area contributed by atoms with E-state index < -0.39 is 5.92 Å². The van der Waals surface area contributed by atoms with E-state index in [1.165, 1.54) is 0 Å². The van der Waals surface area contributed by atoms with Gasteiger partial charge in [-0.25, -0.2) is 0 Å². The van der Waals surface area contributed by atoms with Gasteiger partial charge in [-0.1, -0.05) is 0 Å². The Morgan fingerprint density at radius 3 is 2.13 bits per heavy atom. The number of cyclic esters (lactones) is 1. The average molecular weight is 413 g/mol. The first-order valence-electron chi connectivity index (χ1n) is 9.73. The fraction of sp³-hybridized carbons (Fsp3) is 0.409. The number of ether oxygens (including phenoxy) is 6. The molecule has 0 bridgehead atoms. The molecule has 2 heterocycles. The summed E-state index contributed by atoms with van der Waals surface area (Å²) >= 11 is 0. The molecular formula is C22H23NO7. The summed E-state index contributed by atoms with van der Waals surface area (Å²) in [6.45, 7) is 0.455. The average Bonchev–Trinajstić information content (AvgIpc) is 3.38. The first-order chi connectivity index (χ1) is 14.6. The van der Waals surface area contributed by atoms with Crippen LogP contribution < -0.4 is 29.4 Å². The van der Waals surface area contributed by atoms with Gasteiger partial charge in [-0.3, -0.25) is 4.79 Å². The van der Waals surface area contributed by atoms with Crippen molar-refractivity contribution in [1.29, 1.82) is 0 Å². The molecule has 2 aromatic carbocycles. The lowest BCUT2D eigenvalue weighted by Crippen LogP contribution is -2.38. The Balaban J connectivity index is 1.74. The third-order valence-electron chi connectivity index (χ3n) is 6.29. The molecule has 3 aliphatic rings. The lowest BCUT2D eigenvalue weighted by atomic mass is 9.65. The van der Waals surface area contributed by atoms with E-state index in [4.69, 9.17) is 34.2 Å². The van der Waals surface area contributed by atoms with E-state index in [1.54, 1.807) is 21.3 Å². The minimum atomic E-state index is -0.421. The van der Waals surface area contributed by atoms with E-state index in [2.05, 4.69) is 0 Å². The van der Waals surface area contributed by atoms with Crippen LogP contribution >= 0.6 is 0 Å². The first-order valence-corrected chi connectivity index (χ1v) is 9.73. The predicted molar refractivity (Wildman–Crippen MR) is 105 cm³/mol. The van der Waals surface area contributed by atoms with Crippen LogP contribution in [0.25, 0.3) is 0 Å². The number of esters is 1. The molecular weight excluding hydrogens is 390 g/mol. The molecule has 8 heteroatoms. The molecule has 0 aromatic heterocycles. The molecule has 0 radical (unpaired) electrons. The van der Waals surface area contributed by atoms with Crippen LogP contribution in [0, 0.1) is 11.8 Å². The number of hydrogen-bond acceptors (Lipinski definition) is 8. The molecule has 0 saturated carbocycles. The summed E-state index contributed by atoms with van der Waals surface area (Å²) in [5, 5.41) is 0. The summed E-state index contributed by atoms with van der Waals surface area (Å²) in [4.78, 5) is 12.8. The molecule has 0 spiro atoms. The highest BCUT2D eigenvalue weighted by Gasteiger charge is 2.51. The topological polar surface area (TPSA) is 98.5 Å². The molecule has 30 heavy (non-hydrogen) atoms. The Labute approximate surface area is 173 Å². The van der Waals surface area contributed by atoms with E-state index >= 15 is 0 Å². The Morgan fingerprint density at radius 2 is 1.53 bits per heavy atom. The number of carbonyl (C=O) groups is 1. The van der Waals surface area contributed by atoms with Gasteiger partial charge >= 0.3 is 5.97 Å². The van der Waals surface area contributed by atoms with Gasteiger partial charge < -0.3 is 34.2 Å². The Bertz CT molecular complexity index is 996. The van der Waals surface area contributed by atoms with Crippen molar-refractivity contribution >= 4 is 5.97 Å². The van der Waals surface area contributed by atoms with Gasteiger partial charge in [0.2, 0.25) is 12.5 Å². The number of nitrogens with two attached hydrogens (primary N) is 1. The van der Waals surface area contributed by atoms with Crippen LogP contribution in [-0.2, 0) is 9.53 Å². The van der Waals surface area contributed by atoms with Gasteiger partial charge in [-0.2, -0.15) is 0 Å². The zero-order chi connectivity index (χ0) is 21.0. The Morgan fingerprint density at radius 1 is 0.900 bits per heavy atom. The maximum absolute atomic E-state index is 12.8. The van der Waals surface area contributed by atoms with Gasteiger partial charge in [0, 0.05) is 17.9 Å². The predicted octanol–water partition coefficient (Wildman–Crippen LogP) is 2.38. The van der Waals surface area contributed by atoms with Crippen molar-refractivity contribution in [2.75, 3.05) is 34.7 Å². The number of fused-ring (bicyclic) bond motifs is 3. The second-order valence-electron chi connectivity index (χ2n) is 7.62. The monoisotopic (exact) mass is 413 g/mol. The third kappa shape index (κ3) is 2.60. The molecule has 158 valence electrons. The fourth-order valence-electron chi connectivity index (χ4n) is 4.89. The van der Waals surface area contributed by atoms with Gasteiger partial charge in [0.15, 0.2) is 23.0 Å². The van der Waals surface area contributed by atoms with Gasteiger partial charge in [-0.15, -0.1) is 0 Å². The molecule has 1 aliphatic carbocycles. The SMILES string of the molecule is COc1cc([C@@H]2c3cc4c(cc3[C@@H](N)[C@H]3COC(=O)C23)OCO4)cc(OC)c1OC. The van der Waals surface area contributed by atoms with Gasteiger partial charge in [0.25, 0.3) is 0 Å². The van der Waals surface area contributed by atoms with Crippen molar-refractivity contribution in [3.05, 3.63) is 41.0 Å². The summed E-state index contributed by atoms with van der Waals surface area (Å²) in [5.74, 6) is 1.72. The van der Waals surface area contributed by atoms with Gasteiger partial charge in [0.1, 0.15) is 0 Å². The molecule has 0 amide bonds. The zero-order valence-electron chi connectivity index (χ0n) is 17.0. The molecule has 2 N–H and O–H groups in total. The second-order valence-corrected chi connectivity index (χ2v) is 7.62. The van der Waals surface area contributed by atoms with Crippen molar-refractivity contribution in [3.63, 3.8) is 0 Å². The number of carbonyl (C=O) groups excluding carboxylic acids is 1. The fourth-order valence-corrected chi connectivity index (χ4v) is 4.89. The number of rotatable bonds is 4. The molecule has 1 unspecified atom stereocenters. The first kappa shape index (κ1) is 18.9. The standard InChI is InChI=1S/C22H23NO7/c1-25-16-4-10(5-17(26-2)21(16)27-3)18-11-6-14-15(30-9-29-14)7-12(11)20(23)13-8-28-22(24)19(13)18/h4-7,13,18-20H,8-9,23H2,1-3H3/t13-,18+,19?,20+/m0/s1. The van der Waals surface area contributed by atoms with Crippen LogP contribution in [0.1, 0.15) is 28.7 Å². The third-order valence-corrected chi connectivity index (χ3v) is 6.29. The van der Waals surface area contributed by atoms with E-state index in [0.29, 0.717) is 35.4 Å². The van der Waals surface area contributed by atoms with Gasteiger partial charge in [0.05, 0.1) is 33.9 Å².